The third-order valence-electron chi connectivity index (χ3n) is 7.62. The van der Waals surface area contributed by atoms with Gasteiger partial charge in [0.25, 0.3) is 11.1 Å². The van der Waals surface area contributed by atoms with Crippen molar-refractivity contribution in [3.05, 3.63) is 111 Å². The van der Waals surface area contributed by atoms with Crippen LogP contribution in [0.15, 0.2) is 83.3 Å². The van der Waals surface area contributed by atoms with Crippen LogP contribution in [0.25, 0.3) is 27.7 Å². The van der Waals surface area contributed by atoms with Crippen molar-refractivity contribution in [3.63, 3.8) is 0 Å². The van der Waals surface area contributed by atoms with Gasteiger partial charge in [0.05, 0.1) is 24.8 Å². The molecule has 4 aromatic heterocycles. The van der Waals surface area contributed by atoms with Crippen molar-refractivity contribution in [2.45, 2.75) is 60.5 Å². The summed E-state index contributed by atoms with van der Waals surface area (Å²) in [4.78, 5) is 46.9. The highest BCUT2D eigenvalue weighted by molar-refractivity contribution is 5.89. The minimum absolute atomic E-state index is 0. The van der Waals surface area contributed by atoms with Crippen molar-refractivity contribution >= 4 is 28.1 Å². The second-order valence-electron chi connectivity index (χ2n) is 12.0. The number of aryl methyl sites for hydroxylation is 1. The van der Waals surface area contributed by atoms with Crippen LogP contribution in [0.3, 0.4) is 0 Å². The van der Waals surface area contributed by atoms with Crippen molar-refractivity contribution in [1.29, 1.82) is 0 Å². The molecule has 2 N–H and O–H groups in total. The number of aliphatic hydroxyl groups is 1. The van der Waals surface area contributed by atoms with Crippen LogP contribution in [0, 0.1) is 5.82 Å². The molecule has 0 fully saturated rings. The monoisotopic (exact) mass is 670 g/mol. The maximum Gasteiger partial charge on any atom is 0.283 e. The van der Waals surface area contributed by atoms with Crippen molar-refractivity contribution in [2.75, 3.05) is 11.9 Å². The summed E-state index contributed by atoms with van der Waals surface area (Å²) in [5.41, 5.74) is 0.762. The van der Waals surface area contributed by atoms with E-state index in [1.807, 2.05) is 20.8 Å². The number of fused-ring (bicyclic) bond motifs is 1. The van der Waals surface area contributed by atoms with Gasteiger partial charge in [-0.25, -0.2) is 9.37 Å². The van der Waals surface area contributed by atoms with Crippen molar-refractivity contribution in [2.24, 2.45) is 7.05 Å². The van der Waals surface area contributed by atoms with Gasteiger partial charge in [-0.15, -0.1) is 0 Å². The number of benzene rings is 1. The molecule has 0 amide bonds. The van der Waals surface area contributed by atoms with E-state index in [1.54, 1.807) is 49.6 Å². The molecule has 11 nitrogen and oxygen atoms in total. The van der Waals surface area contributed by atoms with Gasteiger partial charge >= 0.3 is 0 Å². The highest BCUT2D eigenvalue weighted by Gasteiger charge is 2.21. The number of carbonyl (C=O) groups excluding carboxylic acids is 1. The number of pyridine rings is 3. The first-order valence-electron chi connectivity index (χ1n) is 15.0. The molecule has 1 aromatic carbocycles. The Balaban J connectivity index is 0.00000325. The van der Waals surface area contributed by atoms with E-state index < -0.39 is 18.0 Å². The number of hydrogen-bond donors (Lipinski definition) is 2. The van der Waals surface area contributed by atoms with Gasteiger partial charge in [-0.2, -0.15) is 14.8 Å². The molecule has 0 atom stereocenters. The second-order valence-corrected chi connectivity index (χ2v) is 12.0. The quantitative estimate of drug-likeness (QED) is 0.121. The lowest BCUT2D eigenvalue weighted by atomic mass is 9.86. The van der Waals surface area contributed by atoms with Gasteiger partial charge in [0.2, 0.25) is 5.88 Å². The molecule has 4 heterocycles. The summed E-state index contributed by atoms with van der Waals surface area (Å²) in [6.45, 7) is 9.06. The largest absolute Gasteiger partial charge is 0.478 e. The molecule has 12 heteroatoms. The number of anilines is 2. The summed E-state index contributed by atoms with van der Waals surface area (Å²) in [6, 6.07) is 11.4. The lowest BCUT2D eigenvalue weighted by Crippen LogP contribution is -2.25. The Bertz CT molecular complexity index is 2120. The fourth-order valence-electron chi connectivity index (χ4n) is 5.08. The topological polar surface area (TPSA) is 141 Å². The zero-order valence-corrected chi connectivity index (χ0v) is 26.6. The third-order valence-corrected chi connectivity index (χ3v) is 7.62. The first-order valence-corrected chi connectivity index (χ1v) is 15.0. The molecule has 5 aromatic rings. The van der Waals surface area contributed by atoms with Gasteiger partial charge in [-0.3, -0.25) is 14.4 Å². The average molecular weight is 671 g/mol. The van der Waals surface area contributed by atoms with Crippen LogP contribution >= 0.6 is 0 Å². The molecule has 0 unspecified atom stereocenters. The smallest absolute Gasteiger partial charge is 0.283 e. The lowest BCUT2D eigenvalue weighted by Gasteiger charge is -2.20. The van der Waals surface area contributed by atoms with Crippen molar-refractivity contribution in [3.8, 4) is 22.8 Å². The summed E-state index contributed by atoms with van der Waals surface area (Å²) in [7, 11) is 1.58. The highest BCUT2D eigenvalue weighted by atomic mass is 19.1. The molecular weight excluding hydrogens is 627 g/mol. The van der Waals surface area contributed by atoms with E-state index in [0.29, 0.717) is 41.1 Å². The summed E-state index contributed by atoms with van der Waals surface area (Å²) in [5.74, 6) is -0.0478. The normalized spacial score (nSPS) is 11.0. The van der Waals surface area contributed by atoms with Gasteiger partial charge < -0.3 is 19.7 Å². The standard InChI is InChI=1S/C35H35FN6O5.2CH4/c1-6-24(44)9-8-14-47-30-11-7-10-29(40-30)39-28-16-22(19-41(5)33(28)45)25-12-13-37-32(26(25)20-43)42-34(46)31-21(18-38-42)15-23(17-27(31)36)35(2,3)4;;/h6-7,10-13,15-19,43H,1,8-9,14,20H2,2-5H3,(H,39,40);2*1H4. The number of allylic oxidation sites excluding steroid dienone is 1. The van der Waals surface area contributed by atoms with Crippen LogP contribution in [0.1, 0.15) is 59.6 Å². The summed E-state index contributed by atoms with van der Waals surface area (Å²) in [6.07, 6.45) is 6.54. The van der Waals surface area contributed by atoms with E-state index in [9.17, 15) is 19.5 Å². The first-order chi connectivity index (χ1) is 22.4. The molecule has 0 aliphatic heterocycles. The number of carbonyl (C=O) groups is 1. The predicted molar refractivity (Wildman–Crippen MR) is 191 cm³/mol. The number of halogens is 1. The fourth-order valence-corrected chi connectivity index (χ4v) is 5.08. The molecule has 0 saturated heterocycles. The van der Waals surface area contributed by atoms with Crippen LogP contribution < -0.4 is 21.2 Å². The van der Waals surface area contributed by atoms with E-state index in [4.69, 9.17) is 4.74 Å². The predicted octanol–water partition coefficient (Wildman–Crippen LogP) is 6.40. The fraction of sp³-hybridized carbons (Fsp3) is 0.297. The Morgan fingerprint density at radius 2 is 1.88 bits per heavy atom. The third kappa shape index (κ3) is 8.15. The molecule has 258 valence electrons. The number of nitrogens with one attached hydrogen (secondary N) is 1. The molecule has 0 bridgehead atoms. The molecule has 0 aliphatic carbocycles. The molecular formula is C37H43FN6O5. The van der Waals surface area contributed by atoms with Gasteiger partial charge in [-0.1, -0.05) is 48.3 Å². The van der Waals surface area contributed by atoms with E-state index >= 15 is 4.39 Å². The van der Waals surface area contributed by atoms with Gasteiger partial charge in [-0.05, 0) is 59.4 Å². The molecule has 0 aliphatic rings. The Hall–Kier alpha value is -5.49. The van der Waals surface area contributed by atoms with E-state index in [0.717, 1.165) is 10.2 Å². The maximum atomic E-state index is 15.3. The molecule has 5 rings (SSSR count). The van der Waals surface area contributed by atoms with Crippen LogP contribution in [0.5, 0.6) is 5.88 Å². The summed E-state index contributed by atoms with van der Waals surface area (Å²) >= 11 is 0. The van der Waals surface area contributed by atoms with Crippen molar-refractivity contribution < 1.29 is 19.0 Å². The Kier molecular flexibility index (Phi) is 12.1. The lowest BCUT2D eigenvalue weighted by molar-refractivity contribution is -0.114. The van der Waals surface area contributed by atoms with E-state index in [1.165, 1.54) is 29.1 Å². The van der Waals surface area contributed by atoms with Crippen LogP contribution in [0.4, 0.5) is 15.9 Å². The number of aromatic nitrogens is 5. The number of aliphatic hydroxyl groups excluding tert-OH is 1. The zero-order chi connectivity index (χ0) is 33.9. The number of nitrogens with zero attached hydrogens (tertiary/aromatic N) is 5. The highest BCUT2D eigenvalue weighted by Crippen LogP contribution is 2.30. The van der Waals surface area contributed by atoms with Crippen LogP contribution in [-0.2, 0) is 23.9 Å². The SMILES string of the molecule is C.C.C=CC(=O)CCCOc1cccc(Nc2cc(-c3ccnc(-n4ncc5cc(C(C)(C)C)cc(F)c5c4=O)c3CO)cn(C)c2=O)n1. The number of rotatable bonds is 11. The molecule has 0 saturated carbocycles. The number of ketones is 1. The van der Waals surface area contributed by atoms with Crippen LogP contribution in [0.2, 0.25) is 0 Å². The maximum absolute atomic E-state index is 15.3. The zero-order valence-electron chi connectivity index (χ0n) is 26.6. The Morgan fingerprint density at radius 1 is 1.12 bits per heavy atom. The molecule has 0 spiro atoms. The van der Waals surface area contributed by atoms with E-state index in [-0.39, 0.29) is 60.7 Å². The summed E-state index contributed by atoms with van der Waals surface area (Å²) < 4.78 is 23.3. The van der Waals surface area contributed by atoms with Gasteiger partial charge in [0.15, 0.2) is 11.6 Å². The Morgan fingerprint density at radius 3 is 2.57 bits per heavy atom. The van der Waals surface area contributed by atoms with Crippen molar-refractivity contribution in [1.82, 2.24) is 24.3 Å². The second kappa shape index (κ2) is 15.6. The van der Waals surface area contributed by atoms with Gasteiger partial charge in [0, 0.05) is 48.4 Å². The van der Waals surface area contributed by atoms with Crippen LogP contribution in [-0.4, -0.2) is 41.8 Å². The average Bonchev–Trinajstić information content (AvgIpc) is 3.04. The summed E-state index contributed by atoms with van der Waals surface area (Å²) in [5, 5.41) is 18.1. The number of hydrogen-bond acceptors (Lipinski definition) is 9. The van der Waals surface area contributed by atoms with Gasteiger partial charge in [0.1, 0.15) is 17.3 Å². The Labute approximate surface area is 284 Å². The number of ether oxygens (including phenoxy) is 1. The minimum atomic E-state index is -0.719. The molecule has 49 heavy (non-hydrogen) atoms. The minimum Gasteiger partial charge on any atom is -0.478 e. The first kappa shape index (κ1) is 38.0. The molecule has 0 radical (unpaired) electrons. The van der Waals surface area contributed by atoms with E-state index in [2.05, 4.69) is 27.0 Å².